The van der Waals surface area contributed by atoms with Crippen molar-refractivity contribution in [3.05, 3.63) is 159 Å². The highest BCUT2D eigenvalue weighted by molar-refractivity contribution is 5.80. The molecule has 7 nitrogen and oxygen atoms in total. The van der Waals surface area contributed by atoms with Crippen LogP contribution < -0.4 is 25.0 Å². The summed E-state index contributed by atoms with van der Waals surface area (Å²) in [6, 6.07) is 38.4. The summed E-state index contributed by atoms with van der Waals surface area (Å²) >= 11 is 0. The largest absolute Gasteiger partial charge is 0.491 e. The van der Waals surface area contributed by atoms with Crippen LogP contribution in [0.1, 0.15) is 27.8 Å². The number of aryl methyl sites for hydroxylation is 2. The zero-order valence-corrected chi connectivity index (χ0v) is 27.1. The van der Waals surface area contributed by atoms with Crippen LogP contribution in [-0.4, -0.2) is 24.4 Å². The van der Waals surface area contributed by atoms with Gasteiger partial charge >= 0.3 is 0 Å². The summed E-state index contributed by atoms with van der Waals surface area (Å²) in [5, 5.41) is 14.1. The Labute approximate surface area is 280 Å². The van der Waals surface area contributed by atoms with E-state index < -0.39 is 6.10 Å². The maximum absolute atomic E-state index is 13.2. The van der Waals surface area contributed by atoms with Gasteiger partial charge in [0.1, 0.15) is 54.5 Å². The van der Waals surface area contributed by atoms with Crippen molar-refractivity contribution in [3.63, 3.8) is 0 Å². The average molecular weight is 642 g/mol. The predicted molar refractivity (Wildman–Crippen MR) is 189 cm³/mol. The van der Waals surface area contributed by atoms with E-state index in [1.807, 2.05) is 86.6 Å². The molecular weight excluding hydrogens is 602 g/mol. The second-order valence-corrected chi connectivity index (χ2v) is 12.0. The van der Waals surface area contributed by atoms with Crippen LogP contribution in [0.5, 0.6) is 17.2 Å². The number of ether oxygens (including phenoxy) is 3. The van der Waals surface area contributed by atoms with Gasteiger partial charge in [0.15, 0.2) is 5.43 Å². The molecule has 1 atom stereocenters. The monoisotopic (exact) mass is 641 g/mol. The molecule has 6 rings (SSSR count). The van der Waals surface area contributed by atoms with E-state index in [-0.39, 0.29) is 12.0 Å². The van der Waals surface area contributed by atoms with E-state index in [4.69, 9.17) is 18.6 Å². The second-order valence-electron chi connectivity index (χ2n) is 12.0. The molecule has 0 saturated heterocycles. The fourth-order valence-electron chi connectivity index (χ4n) is 5.18. The van der Waals surface area contributed by atoms with Crippen molar-refractivity contribution < 1.29 is 23.7 Å². The van der Waals surface area contributed by atoms with Crippen LogP contribution in [0.25, 0.3) is 22.3 Å². The van der Waals surface area contributed by atoms with Crippen LogP contribution in [0.15, 0.2) is 131 Å². The molecule has 0 saturated carbocycles. The van der Waals surface area contributed by atoms with Gasteiger partial charge in [-0.15, -0.1) is 0 Å². The Kier molecular flexibility index (Phi) is 10.5. The number of hydrogen-bond donors (Lipinski definition) is 2. The number of fused-ring (bicyclic) bond motifs is 1. The summed E-state index contributed by atoms with van der Waals surface area (Å²) in [5.41, 5.74) is 6.40. The smallest absolute Gasteiger partial charge is 0.193 e. The quantitative estimate of drug-likeness (QED) is 0.126. The number of aliphatic hydroxyl groups is 1. The molecule has 0 aliphatic rings. The Balaban J connectivity index is 1.20. The molecule has 1 unspecified atom stereocenters. The molecule has 0 spiro atoms. The third-order valence-electron chi connectivity index (χ3n) is 7.91. The van der Waals surface area contributed by atoms with E-state index in [1.54, 1.807) is 18.2 Å². The van der Waals surface area contributed by atoms with Crippen molar-refractivity contribution in [3.8, 4) is 28.6 Å². The molecule has 1 heterocycles. The van der Waals surface area contributed by atoms with Gasteiger partial charge in [0, 0.05) is 36.9 Å². The first-order valence-corrected chi connectivity index (χ1v) is 16.0. The number of hydrogen-bond acceptors (Lipinski definition) is 7. The molecule has 2 N–H and O–H groups in total. The van der Waals surface area contributed by atoms with Crippen molar-refractivity contribution in [1.82, 2.24) is 5.32 Å². The number of rotatable bonds is 14. The van der Waals surface area contributed by atoms with Crippen LogP contribution in [0, 0.1) is 13.8 Å². The van der Waals surface area contributed by atoms with Gasteiger partial charge < -0.3 is 29.1 Å². The lowest BCUT2D eigenvalue weighted by Gasteiger charge is -2.14. The lowest BCUT2D eigenvalue weighted by Crippen LogP contribution is -2.31. The number of aliphatic hydroxyl groups excluding tert-OH is 1. The molecule has 0 amide bonds. The maximum atomic E-state index is 13.2. The van der Waals surface area contributed by atoms with E-state index in [0.717, 1.165) is 16.7 Å². The Morgan fingerprint density at radius 2 is 1.29 bits per heavy atom. The zero-order valence-electron chi connectivity index (χ0n) is 27.1. The molecule has 0 aliphatic carbocycles. The first-order valence-electron chi connectivity index (χ1n) is 16.0. The summed E-state index contributed by atoms with van der Waals surface area (Å²) in [4.78, 5) is 13.2. The lowest BCUT2D eigenvalue weighted by atomic mass is 10.1. The first kappa shape index (κ1) is 32.6. The van der Waals surface area contributed by atoms with Gasteiger partial charge in [-0.3, -0.25) is 4.79 Å². The minimum Gasteiger partial charge on any atom is -0.491 e. The van der Waals surface area contributed by atoms with E-state index in [0.29, 0.717) is 65.8 Å². The van der Waals surface area contributed by atoms with E-state index >= 15 is 0 Å². The average Bonchev–Trinajstić information content (AvgIpc) is 3.10. The maximum Gasteiger partial charge on any atom is 0.193 e. The summed E-state index contributed by atoms with van der Waals surface area (Å²) in [6.07, 6.45) is -0.719. The SMILES string of the molecule is Cc1ccc(COc2cc(OCc3ccc(C)cc3)cc(-c3cc(=O)c4ccc(OCC(O)CNCc5ccccc5)cc4o3)c2)cc1. The van der Waals surface area contributed by atoms with Crippen molar-refractivity contribution in [2.75, 3.05) is 13.2 Å². The summed E-state index contributed by atoms with van der Waals surface area (Å²) in [5.74, 6) is 2.03. The Morgan fingerprint density at radius 1 is 0.667 bits per heavy atom. The van der Waals surface area contributed by atoms with Crippen LogP contribution in [-0.2, 0) is 19.8 Å². The van der Waals surface area contributed by atoms with Gasteiger partial charge in [-0.05, 0) is 54.8 Å². The minimum absolute atomic E-state index is 0.0826. The summed E-state index contributed by atoms with van der Waals surface area (Å²) in [6.45, 7) is 5.95. The van der Waals surface area contributed by atoms with E-state index in [1.165, 1.54) is 17.2 Å². The summed E-state index contributed by atoms with van der Waals surface area (Å²) < 4.78 is 24.6. The molecule has 6 aromatic rings. The number of benzene rings is 5. The molecule has 48 heavy (non-hydrogen) atoms. The first-order chi connectivity index (χ1) is 23.4. The third-order valence-corrected chi connectivity index (χ3v) is 7.91. The topological polar surface area (TPSA) is 90.2 Å². The van der Waals surface area contributed by atoms with Gasteiger partial charge in [0.05, 0.1) is 5.39 Å². The summed E-state index contributed by atoms with van der Waals surface area (Å²) in [7, 11) is 0. The highest BCUT2D eigenvalue weighted by Crippen LogP contribution is 2.32. The van der Waals surface area contributed by atoms with Crippen molar-refractivity contribution >= 4 is 11.0 Å². The van der Waals surface area contributed by atoms with Crippen LogP contribution in [0.3, 0.4) is 0 Å². The molecular formula is C41H39NO6. The molecule has 0 radical (unpaired) electrons. The van der Waals surface area contributed by atoms with E-state index in [9.17, 15) is 9.90 Å². The standard InChI is InChI=1S/C41H39NO6/c1-28-8-12-31(13-9-28)25-45-36-18-33(19-37(20-36)46-26-32-14-10-29(2)11-15-32)40-22-39(44)38-17-16-35(21-41(38)48-40)47-27-34(43)24-42-23-30-6-4-3-5-7-30/h3-22,34,42-43H,23-27H2,1-2H3. The highest BCUT2D eigenvalue weighted by atomic mass is 16.5. The normalized spacial score (nSPS) is 11.7. The molecule has 0 aliphatic heterocycles. The van der Waals surface area contributed by atoms with Crippen LogP contribution in [0.2, 0.25) is 0 Å². The van der Waals surface area contributed by atoms with Crippen molar-refractivity contribution in [2.24, 2.45) is 0 Å². The van der Waals surface area contributed by atoms with Gasteiger partial charge in [-0.2, -0.15) is 0 Å². The van der Waals surface area contributed by atoms with Crippen molar-refractivity contribution in [2.45, 2.75) is 39.7 Å². The van der Waals surface area contributed by atoms with Crippen LogP contribution >= 0.6 is 0 Å². The van der Waals surface area contributed by atoms with E-state index in [2.05, 4.69) is 29.6 Å². The molecule has 0 fully saturated rings. The molecule has 5 aromatic carbocycles. The third kappa shape index (κ3) is 8.91. The van der Waals surface area contributed by atoms with Gasteiger partial charge in [0.25, 0.3) is 0 Å². The molecule has 7 heteroatoms. The molecule has 244 valence electrons. The Bertz CT molecular complexity index is 1940. The second kappa shape index (κ2) is 15.5. The lowest BCUT2D eigenvalue weighted by molar-refractivity contribution is 0.106. The number of nitrogens with one attached hydrogen (secondary N) is 1. The Hall–Kier alpha value is -5.37. The fourth-order valence-corrected chi connectivity index (χ4v) is 5.18. The fraction of sp³-hybridized carbons (Fsp3) is 0.195. The molecule has 1 aromatic heterocycles. The van der Waals surface area contributed by atoms with Crippen molar-refractivity contribution in [1.29, 1.82) is 0 Å². The predicted octanol–water partition coefficient (Wildman–Crippen LogP) is 7.76. The molecule has 0 bridgehead atoms. The van der Waals surface area contributed by atoms with Gasteiger partial charge in [0.2, 0.25) is 0 Å². The minimum atomic E-state index is -0.719. The highest BCUT2D eigenvalue weighted by Gasteiger charge is 2.13. The van der Waals surface area contributed by atoms with Crippen LogP contribution in [0.4, 0.5) is 0 Å². The zero-order chi connectivity index (χ0) is 33.3. The van der Waals surface area contributed by atoms with Gasteiger partial charge in [-0.25, -0.2) is 0 Å². The van der Waals surface area contributed by atoms with Gasteiger partial charge in [-0.1, -0.05) is 90.0 Å². The Morgan fingerprint density at radius 3 is 1.92 bits per heavy atom.